The van der Waals surface area contributed by atoms with Crippen molar-refractivity contribution in [3.05, 3.63) is 60.2 Å². The Kier molecular flexibility index (Phi) is 3.74. The third-order valence-electron chi connectivity index (χ3n) is 2.99. The molecule has 2 heterocycles. The van der Waals surface area contributed by atoms with Crippen molar-refractivity contribution in [2.24, 2.45) is 0 Å². The highest BCUT2D eigenvalue weighted by molar-refractivity contribution is 6.31. The predicted octanol–water partition coefficient (Wildman–Crippen LogP) is 1.65. The van der Waals surface area contributed by atoms with Gasteiger partial charge < -0.3 is 0 Å². The minimum Gasteiger partial charge on any atom is -0.292 e. The number of ketones is 1. The number of hydrogen-bond acceptors (Lipinski definition) is 5. The number of hydrogen-bond donors (Lipinski definition) is 0. The van der Waals surface area contributed by atoms with Crippen molar-refractivity contribution in [3.8, 4) is 0 Å². The minimum absolute atomic E-state index is 0.112. The van der Waals surface area contributed by atoms with Gasteiger partial charge in [-0.05, 0) is 12.1 Å². The fourth-order valence-corrected chi connectivity index (χ4v) is 2.19. The number of Topliss-reactive ketones (excluding diaryl/α,β-unsaturated/α-hetero) is 1. The SMILES string of the molecule is O=C(c1cccc(Cl)c1)[C@H](Cn1cncn1)n1cncn1. The molecule has 0 spiro atoms. The summed E-state index contributed by atoms with van der Waals surface area (Å²) in [7, 11) is 0. The van der Waals surface area contributed by atoms with Crippen LogP contribution in [0.5, 0.6) is 0 Å². The molecule has 0 amide bonds. The molecule has 8 heteroatoms. The van der Waals surface area contributed by atoms with Crippen LogP contribution in [0, 0.1) is 0 Å². The number of carbonyl (C=O) groups is 1. The summed E-state index contributed by atoms with van der Waals surface area (Å²) in [6.07, 6.45) is 5.86. The quantitative estimate of drug-likeness (QED) is 0.670. The van der Waals surface area contributed by atoms with Crippen LogP contribution in [-0.2, 0) is 6.54 Å². The second kappa shape index (κ2) is 5.84. The summed E-state index contributed by atoms with van der Waals surface area (Å²) in [6.45, 7) is 0.314. The van der Waals surface area contributed by atoms with Gasteiger partial charge in [0.15, 0.2) is 5.78 Å². The highest BCUT2D eigenvalue weighted by Crippen LogP contribution is 2.18. The van der Waals surface area contributed by atoms with E-state index in [4.69, 9.17) is 11.6 Å². The van der Waals surface area contributed by atoms with E-state index in [1.807, 2.05) is 0 Å². The van der Waals surface area contributed by atoms with E-state index in [1.165, 1.54) is 23.7 Å². The molecule has 1 atom stereocenters. The van der Waals surface area contributed by atoms with E-state index in [2.05, 4.69) is 20.2 Å². The molecule has 3 aromatic rings. The van der Waals surface area contributed by atoms with E-state index in [9.17, 15) is 4.79 Å². The Balaban J connectivity index is 1.93. The smallest absolute Gasteiger partial charge is 0.189 e. The van der Waals surface area contributed by atoms with Gasteiger partial charge >= 0.3 is 0 Å². The van der Waals surface area contributed by atoms with Gasteiger partial charge in [-0.3, -0.25) is 9.48 Å². The van der Waals surface area contributed by atoms with Gasteiger partial charge in [0, 0.05) is 10.6 Å². The topological polar surface area (TPSA) is 78.5 Å². The second-order valence-electron chi connectivity index (χ2n) is 4.38. The summed E-state index contributed by atoms with van der Waals surface area (Å²) in [4.78, 5) is 20.5. The highest BCUT2D eigenvalue weighted by atomic mass is 35.5. The average molecular weight is 303 g/mol. The van der Waals surface area contributed by atoms with Crippen molar-refractivity contribution in [3.63, 3.8) is 0 Å². The Hall–Kier alpha value is -2.54. The average Bonchev–Trinajstić information content (AvgIpc) is 3.17. The molecule has 7 nitrogen and oxygen atoms in total. The molecule has 106 valence electrons. The van der Waals surface area contributed by atoms with Gasteiger partial charge in [0.25, 0.3) is 0 Å². The Bertz CT molecular complexity index is 725. The van der Waals surface area contributed by atoms with E-state index in [0.29, 0.717) is 17.1 Å². The van der Waals surface area contributed by atoms with Gasteiger partial charge in [-0.15, -0.1) is 0 Å². The van der Waals surface area contributed by atoms with Gasteiger partial charge in [-0.2, -0.15) is 10.2 Å². The van der Waals surface area contributed by atoms with Gasteiger partial charge in [0.2, 0.25) is 0 Å². The summed E-state index contributed by atoms with van der Waals surface area (Å²) < 4.78 is 3.08. The molecule has 0 aliphatic heterocycles. The maximum Gasteiger partial charge on any atom is 0.189 e. The molecule has 1 aromatic carbocycles. The third kappa shape index (κ3) is 2.97. The molecule has 0 radical (unpaired) electrons. The Morgan fingerprint density at radius 1 is 1.19 bits per heavy atom. The van der Waals surface area contributed by atoms with E-state index in [-0.39, 0.29) is 5.78 Å². The summed E-state index contributed by atoms with van der Waals surface area (Å²) >= 11 is 5.95. The molecule has 0 saturated carbocycles. The van der Waals surface area contributed by atoms with Crippen LogP contribution in [0.3, 0.4) is 0 Å². The normalized spacial score (nSPS) is 12.2. The van der Waals surface area contributed by atoms with Crippen molar-refractivity contribution in [1.29, 1.82) is 0 Å². The first-order valence-electron chi connectivity index (χ1n) is 6.20. The monoisotopic (exact) mass is 302 g/mol. The lowest BCUT2D eigenvalue weighted by Gasteiger charge is -2.15. The van der Waals surface area contributed by atoms with Crippen LogP contribution in [0.15, 0.2) is 49.6 Å². The maximum absolute atomic E-state index is 12.7. The van der Waals surface area contributed by atoms with Crippen LogP contribution in [0.25, 0.3) is 0 Å². The van der Waals surface area contributed by atoms with Crippen LogP contribution in [0.2, 0.25) is 5.02 Å². The lowest BCUT2D eigenvalue weighted by Crippen LogP contribution is -2.25. The fraction of sp³-hybridized carbons (Fsp3) is 0.154. The highest BCUT2D eigenvalue weighted by Gasteiger charge is 2.23. The van der Waals surface area contributed by atoms with Crippen LogP contribution >= 0.6 is 11.6 Å². The zero-order chi connectivity index (χ0) is 14.7. The van der Waals surface area contributed by atoms with Gasteiger partial charge in [-0.25, -0.2) is 14.6 Å². The molecule has 0 aliphatic rings. The van der Waals surface area contributed by atoms with E-state index in [0.717, 1.165) is 0 Å². The van der Waals surface area contributed by atoms with E-state index >= 15 is 0 Å². The molecule has 0 fully saturated rings. The third-order valence-corrected chi connectivity index (χ3v) is 3.23. The molecule has 0 bridgehead atoms. The fourth-order valence-electron chi connectivity index (χ4n) is 2.00. The Labute approximate surface area is 125 Å². The summed E-state index contributed by atoms with van der Waals surface area (Å²) in [5, 5.41) is 8.59. The molecule has 0 unspecified atom stereocenters. The van der Waals surface area contributed by atoms with Gasteiger partial charge in [0.1, 0.15) is 31.4 Å². The van der Waals surface area contributed by atoms with Crippen LogP contribution in [0.1, 0.15) is 16.4 Å². The summed E-state index contributed by atoms with van der Waals surface area (Å²) in [6, 6.07) is 6.26. The van der Waals surface area contributed by atoms with Gasteiger partial charge in [-0.1, -0.05) is 23.7 Å². The zero-order valence-electron chi connectivity index (χ0n) is 10.9. The number of rotatable bonds is 5. The van der Waals surface area contributed by atoms with E-state index < -0.39 is 6.04 Å². The molecule has 0 N–H and O–H groups in total. The largest absolute Gasteiger partial charge is 0.292 e. The van der Waals surface area contributed by atoms with Crippen molar-refractivity contribution in [1.82, 2.24) is 29.5 Å². The maximum atomic E-state index is 12.7. The summed E-state index contributed by atoms with van der Waals surface area (Å²) in [5.41, 5.74) is 0.517. The molecular formula is C13H11ClN6O. The van der Waals surface area contributed by atoms with Crippen molar-refractivity contribution in [2.45, 2.75) is 12.6 Å². The summed E-state index contributed by atoms with van der Waals surface area (Å²) in [5.74, 6) is -0.112. The van der Waals surface area contributed by atoms with Crippen LogP contribution in [0.4, 0.5) is 0 Å². The molecule has 0 aliphatic carbocycles. The second-order valence-corrected chi connectivity index (χ2v) is 4.82. The molecule has 0 saturated heterocycles. The lowest BCUT2D eigenvalue weighted by molar-refractivity contribution is 0.0901. The first-order valence-corrected chi connectivity index (χ1v) is 6.58. The minimum atomic E-state index is -0.562. The Morgan fingerprint density at radius 3 is 2.67 bits per heavy atom. The van der Waals surface area contributed by atoms with Crippen molar-refractivity contribution < 1.29 is 4.79 Å². The standard InChI is InChI=1S/C13H11ClN6O/c14-11-3-1-2-10(4-11)13(21)12(20-9-16-7-18-20)5-19-8-15-6-17-19/h1-4,6-9,12H,5H2/t12-/m0/s1. The number of nitrogens with zero attached hydrogens (tertiary/aromatic N) is 6. The molecule has 2 aromatic heterocycles. The van der Waals surface area contributed by atoms with Crippen molar-refractivity contribution >= 4 is 17.4 Å². The lowest BCUT2D eigenvalue weighted by atomic mass is 10.0. The number of carbonyl (C=O) groups excluding carboxylic acids is 1. The zero-order valence-corrected chi connectivity index (χ0v) is 11.6. The van der Waals surface area contributed by atoms with Crippen molar-refractivity contribution in [2.75, 3.05) is 0 Å². The molecule has 21 heavy (non-hydrogen) atoms. The first-order chi connectivity index (χ1) is 10.2. The Morgan fingerprint density at radius 2 is 2.00 bits per heavy atom. The van der Waals surface area contributed by atoms with Crippen LogP contribution in [-0.4, -0.2) is 35.3 Å². The first kappa shape index (κ1) is 13.4. The predicted molar refractivity (Wildman–Crippen MR) is 74.9 cm³/mol. The molecular weight excluding hydrogens is 292 g/mol. The number of halogens is 1. The number of benzene rings is 1. The number of aromatic nitrogens is 6. The van der Waals surface area contributed by atoms with E-state index in [1.54, 1.807) is 35.3 Å². The van der Waals surface area contributed by atoms with Gasteiger partial charge in [0.05, 0.1) is 6.54 Å². The molecule has 3 rings (SSSR count). The van der Waals surface area contributed by atoms with Crippen LogP contribution < -0.4 is 0 Å².